The number of hydrogen-bond acceptors (Lipinski definition) is 2. The van der Waals surface area contributed by atoms with Crippen LogP contribution in [-0.4, -0.2) is 17.5 Å². The Hall–Kier alpha value is 0.110. The van der Waals surface area contributed by atoms with Gasteiger partial charge in [0.05, 0.1) is 10.0 Å². The second kappa shape index (κ2) is 7.52. The fourth-order valence-electron chi connectivity index (χ4n) is 1.65. The summed E-state index contributed by atoms with van der Waals surface area (Å²) in [5.74, 6) is 2.29. The molecular formula is C13H19Cl2NS. The smallest absolute Gasteiger partial charge is 0.0595 e. The molecule has 0 spiro atoms. The van der Waals surface area contributed by atoms with Crippen molar-refractivity contribution in [3.8, 4) is 0 Å². The van der Waals surface area contributed by atoms with Crippen molar-refractivity contribution in [3.05, 3.63) is 33.8 Å². The first-order valence-corrected chi connectivity index (χ1v) is 7.74. The molecule has 0 aliphatic rings. The first-order valence-electron chi connectivity index (χ1n) is 5.83. The average molecular weight is 292 g/mol. The normalized spacial score (nSPS) is 14.6. The summed E-state index contributed by atoms with van der Waals surface area (Å²) in [6, 6.07) is 6.58. The maximum Gasteiger partial charge on any atom is 0.0595 e. The highest BCUT2D eigenvalue weighted by molar-refractivity contribution is 7.99. The van der Waals surface area contributed by atoms with Gasteiger partial charge in [0.15, 0.2) is 0 Å². The second-order valence-electron chi connectivity index (χ2n) is 4.12. The fraction of sp³-hybridized carbons (Fsp3) is 0.538. The fourth-order valence-corrected chi connectivity index (χ4v) is 2.64. The van der Waals surface area contributed by atoms with Crippen molar-refractivity contribution in [3.63, 3.8) is 0 Å². The molecule has 0 aliphatic heterocycles. The molecule has 0 saturated heterocycles. The van der Waals surface area contributed by atoms with Gasteiger partial charge in [0, 0.05) is 17.8 Å². The number of rotatable bonds is 6. The van der Waals surface area contributed by atoms with E-state index in [0.29, 0.717) is 16.1 Å². The topological polar surface area (TPSA) is 12.0 Å². The maximum atomic E-state index is 6.01. The van der Waals surface area contributed by atoms with Crippen LogP contribution >= 0.6 is 35.0 Å². The van der Waals surface area contributed by atoms with Crippen LogP contribution in [0.5, 0.6) is 0 Å². The van der Waals surface area contributed by atoms with Gasteiger partial charge in [-0.1, -0.05) is 36.2 Å². The van der Waals surface area contributed by atoms with E-state index in [1.54, 1.807) is 0 Å². The van der Waals surface area contributed by atoms with E-state index in [1.165, 1.54) is 5.56 Å². The molecule has 0 amide bonds. The first kappa shape index (κ1) is 15.2. The van der Waals surface area contributed by atoms with Gasteiger partial charge in [0.2, 0.25) is 0 Å². The molecule has 2 atom stereocenters. The third kappa shape index (κ3) is 5.09. The van der Waals surface area contributed by atoms with Crippen LogP contribution in [-0.2, 0) is 0 Å². The van der Waals surface area contributed by atoms with Crippen LogP contribution in [0.15, 0.2) is 18.2 Å². The van der Waals surface area contributed by atoms with Gasteiger partial charge in [-0.15, -0.1) is 0 Å². The minimum absolute atomic E-state index is 0.289. The van der Waals surface area contributed by atoms with Gasteiger partial charge >= 0.3 is 0 Å². The van der Waals surface area contributed by atoms with E-state index in [0.717, 1.165) is 11.5 Å². The Balaban J connectivity index is 2.57. The summed E-state index contributed by atoms with van der Waals surface area (Å²) in [5, 5.41) is 4.78. The minimum Gasteiger partial charge on any atom is -0.307 e. The molecule has 0 aliphatic carbocycles. The molecule has 0 radical (unpaired) electrons. The van der Waals surface area contributed by atoms with Gasteiger partial charge in [-0.05, 0) is 37.3 Å². The molecule has 17 heavy (non-hydrogen) atoms. The summed E-state index contributed by atoms with van der Waals surface area (Å²) < 4.78 is 0. The summed E-state index contributed by atoms with van der Waals surface area (Å²) in [7, 11) is 0. The summed E-state index contributed by atoms with van der Waals surface area (Å²) in [6.45, 7) is 6.53. The van der Waals surface area contributed by atoms with Crippen molar-refractivity contribution in [2.24, 2.45) is 0 Å². The van der Waals surface area contributed by atoms with E-state index in [-0.39, 0.29) is 6.04 Å². The molecule has 1 aromatic rings. The van der Waals surface area contributed by atoms with Gasteiger partial charge < -0.3 is 5.32 Å². The van der Waals surface area contributed by atoms with Crippen LogP contribution in [0, 0.1) is 0 Å². The Kier molecular flexibility index (Phi) is 6.71. The van der Waals surface area contributed by atoms with Crippen molar-refractivity contribution < 1.29 is 0 Å². The summed E-state index contributed by atoms with van der Waals surface area (Å²) in [6.07, 6.45) is 0. The zero-order chi connectivity index (χ0) is 12.8. The largest absolute Gasteiger partial charge is 0.307 e. The number of nitrogens with one attached hydrogen (secondary N) is 1. The van der Waals surface area contributed by atoms with E-state index in [4.69, 9.17) is 23.2 Å². The Labute approximate surface area is 118 Å². The number of halogens is 2. The van der Waals surface area contributed by atoms with Crippen LogP contribution in [0.1, 0.15) is 32.4 Å². The zero-order valence-corrected chi connectivity index (χ0v) is 12.8. The molecule has 0 fully saturated rings. The third-order valence-electron chi connectivity index (χ3n) is 2.55. The van der Waals surface area contributed by atoms with E-state index in [1.807, 2.05) is 30.0 Å². The lowest BCUT2D eigenvalue weighted by atomic mass is 10.1. The predicted octanol–water partition coefficient (Wildman–Crippen LogP) is 4.79. The van der Waals surface area contributed by atoms with E-state index in [9.17, 15) is 0 Å². The molecule has 0 bridgehead atoms. The highest BCUT2D eigenvalue weighted by atomic mass is 35.5. The zero-order valence-electron chi connectivity index (χ0n) is 10.5. The second-order valence-corrected chi connectivity index (χ2v) is 6.26. The molecule has 1 rings (SSSR count). The quantitative estimate of drug-likeness (QED) is 0.809. The van der Waals surface area contributed by atoms with Gasteiger partial charge in [-0.3, -0.25) is 0 Å². The van der Waals surface area contributed by atoms with Gasteiger partial charge in [-0.2, -0.15) is 11.8 Å². The monoisotopic (exact) mass is 291 g/mol. The maximum absolute atomic E-state index is 6.01. The molecule has 96 valence electrons. The molecule has 2 unspecified atom stereocenters. The summed E-state index contributed by atoms with van der Waals surface area (Å²) in [4.78, 5) is 0. The molecule has 0 heterocycles. The molecule has 4 heteroatoms. The van der Waals surface area contributed by atoms with Crippen LogP contribution in [0.4, 0.5) is 0 Å². The van der Waals surface area contributed by atoms with Gasteiger partial charge in [-0.25, -0.2) is 0 Å². The highest BCUT2D eigenvalue weighted by Crippen LogP contribution is 2.25. The molecule has 1 aromatic carbocycles. The Morgan fingerprint density at radius 2 is 1.94 bits per heavy atom. The van der Waals surface area contributed by atoms with E-state index >= 15 is 0 Å². The summed E-state index contributed by atoms with van der Waals surface area (Å²) >= 11 is 13.9. The molecule has 1 N–H and O–H groups in total. The predicted molar refractivity (Wildman–Crippen MR) is 80.5 cm³/mol. The van der Waals surface area contributed by atoms with Gasteiger partial charge in [0.25, 0.3) is 0 Å². The minimum atomic E-state index is 0.289. The van der Waals surface area contributed by atoms with Crippen LogP contribution in [0.3, 0.4) is 0 Å². The first-order chi connectivity index (χ1) is 8.04. The lowest BCUT2D eigenvalue weighted by molar-refractivity contribution is 0.511. The molecule has 0 aromatic heterocycles. The lowest BCUT2D eigenvalue weighted by Gasteiger charge is -2.20. The number of thioether (sulfide) groups is 1. The number of hydrogen-bond donors (Lipinski definition) is 1. The third-order valence-corrected chi connectivity index (χ3v) is 4.43. The van der Waals surface area contributed by atoms with Crippen LogP contribution < -0.4 is 5.32 Å². The van der Waals surface area contributed by atoms with Crippen molar-refractivity contribution in [1.29, 1.82) is 0 Å². The Bertz CT molecular complexity index is 357. The van der Waals surface area contributed by atoms with E-state index < -0.39 is 0 Å². The van der Waals surface area contributed by atoms with Crippen LogP contribution in [0.2, 0.25) is 10.0 Å². The molecular weight excluding hydrogens is 273 g/mol. The standard InChI is InChI=1S/C13H19Cl2NS/c1-4-17-8-9(2)16-10(3)11-5-6-12(14)13(15)7-11/h5-7,9-10,16H,4,8H2,1-3H3. The Morgan fingerprint density at radius 3 is 2.53 bits per heavy atom. The SMILES string of the molecule is CCSCC(C)NC(C)c1ccc(Cl)c(Cl)c1. The summed E-state index contributed by atoms with van der Waals surface area (Å²) in [5.41, 5.74) is 1.17. The molecule has 1 nitrogen and oxygen atoms in total. The lowest BCUT2D eigenvalue weighted by Crippen LogP contribution is -2.30. The van der Waals surface area contributed by atoms with Crippen molar-refractivity contribution in [1.82, 2.24) is 5.32 Å². The van der Waals surface area contributed by atoms with E-state index in [2.05, 4.69) is 26.1 Å². The van der Waals surface area contributed by atoms with Crippen molar-refractivity contribution in [2.45, 2.75) is 32.9 Å². The average Bonchev–Trinajstić information content (AvgIpc) is 2.30. The molecule has 0 saturated carbocycles. The Morgan fingerprint density at radius 1 is 1.24 bits per heavy atom. The van der Waals surface area contributed by atoms with Gasteiger partial charge in [0.1, 0.15) is 0 Å². The van der Waals surface area contributed by atoms with Crippen molar-refractivity contribution in [2.75, 3.05) is 11.5 Å². The highest BCUT2D eigenvalue weighted by Gasteiger charge is 2.10. The van der Waals surface area contributed by atoms with Crippen LogP contribution in [0.25, 0.3) is 0 Å². The number of benzene rings is 1. The van der Waals surface area contributed by atoms with Crippen molar-refractivity contribution >= 4 is 35.0 Å².